The number of likely N-dealkylation sites (N-methyl/N-ethyl adjacent to an activating group) is 1. The molecule has 1 amide bonds. The van der Waals surface area contributed by atoms with Crippen LogP contribution in [0.5, 0.6) is 0 Å². The molecular formula is C23H35N5O3. The summed E-state index contributed by atoms with van der Waals surface area (Å²) in [5, 5.41) is 13.2. The van der Waals surface area contributed by atoms with Gasteiger partial charge >= 0.3 is 0 Å². The Morgan fingerprint density at radius 2 is 1.87 bits per heavy atom. The number of carbonyl (C=O) groups is 1. The van der Waals surface area contributed by atoms with E-state index in [2.05, 4.69) is 38.8 Å². The summed E-state index contributed by atoms with van der Waals surface area (Å²) >= 11 is 0. The number of carbonyl (C=O) groups excluding carboxylic acids is 1. The molecule has 2 aromatic rings. The van der Waals surface area contributed by atoms with Crippen LogP contribution in [0.25, 0.3) is 0 Å². The highest BCUT2D eigenvalue weighted by Gasteiger charge is 2.22. The largest absolute Gasteiger partial charge is 0.447 e. The first-order chi connectivity index (χ1) is 14.9. The fraction of sp³-hybridized carbons (Fsp3) is 0.565. The van der Waals surface area contributed by atoms with E-state index in [4.69, 9.17) is 4.42 Å². The number of nitrogens with zero attached hydrogens (tertiary/aromatic N) is 4. The van der Waals surface area contributed by atoms with Crippen LogP contribution in [-0.4, -0.2) is 89.2 Å². The topological polar surface area (TPSA) is 85.1 Å². The van der Waals surface area contributed by atoms with Gasteiger partial charge in [0.25, 0.3) is 5.91 Å². The number of hydrogen-bond donors (Lipinski definition) is 2. The third-order valence-corrected chi connectivity index (χ3v) is 5.75. The molecule has 2 heterocycles. The molecule has 1 atom stereocenters. The molecule has 0 aliphatic carbocycles. The number of hydrogen-bond acceptors (Lipinski definition) is 7. The number of aliphatic hydroxyl groups excluding tert-OH is 1. The maximum absolute atomic E-state index is 12.3. The highest BCUT2D eigenvalue weighted by molar-refractivity contribution is 5.91. The van der Waals surface area contributed by atoms with Gasteiger partial charge in [0.1, 0.15) is 6.26 Å². The molecule has 0 saturated carbocycles. The van der Waals surface area contributed by atoms with Gasteiger partial charge in [-0.3, -0.25) is 14.6 Å². The third kappa shape index (κ3) is 7.43. The Labute approximate surface area is 184 Å². The smallest absolute Gasteiger partial charge is 0.273 e. The van der Waals surface area contributed by atoms with Gasteiger partial charge < -0.3 is 19.7 Å². The predicted octanol–water partition coefficient (Wildman–Crippen LogP) is 1.42. The molecule has 2 N–H and O–H groups in total. The summed E-state index contributed by atoms with van der Waals surface area (Å²) in [5.74, 6) is 0.320. The number of β-amino-alcohol motifs (C(OH)–C–C–N with tert-alkyl or cyclic N) is 1. The van der Waals surface area contributed by atoms with Gasteiger partial charge in [-0.25, -0.2) is 4.98 Å². The predicted molar refractivity (Wildman–Crippen MR) is 120 cm³/mol. The number of benzene rings is 1. The van der Waals surface area contributed by atoms with Crippen LogP contribution in [0.2, 0.25) is 0 Å². The molecule has 1 aliphatic heterocycles. The molecule has 8 heteroatoms. The van der Waals surface area contributed by atoms with Crippen molar-refractivity contribution in [2.75, 3.05) is 46.3 Å². The molecule has 1 fully saturated rings. The van der Waals surface area contributed by atoms with Gasteiger partial charge in [-0.05, 0) is 26.5 Å². The molecular weight excluding hydrogens is 394 g/mol. The maximum Gasteiger partial charge on any atom is 0.273 e. The number of rotatable bonds is 10. The van der Waals surface area contributed by atoms with E-state index in [1.807, 2.05) is 37.4 Å². The number of nitrogens with one attached hydrogen (secondary N) is 1. The normalized spacial score (nSPS) is 16.7. The summed E-state index contributed by atoms with van der Waals surface area (Å²) in [6.07, 6.45) is 1.08. The molecule has 1 aromatic carbocycles. The van der Waals surface area contributed by atoms with Crippen molar-refractivity contribution in [1.29, 1.82) is 0 Å². The molecule has 0 spiro atoms. The molecule has 1 aromatic heterocycles. The van der Waals surface area contributed by atoms with Crippen LogP contribution in [-0.2, 0) is 13.1 Å². The van der Waals surface area contributed by atoms with Gasteiger partial charge in [-0.2, -0.15) is 0 Å². The number of oxazole rings is 1. The zero-order valence-corrected chi connectivity index (χ0v) is 18.8. The van der Waals surface area contributed by atoms with Crippen LogP contribution in [0.15, 0.2) is 41.0 Å². The Bertz CT molecular complexity index is 803. The first kappa shape index (κ1) is 23.4. The number of aliphatic hydroxyl groups is 1. The second kappa shape index (κ2) is 11.4. The first-order valence-corrected chi connectivity index (χ1v) is 11.0. The van der Waals surface area contributed by atoms with Gasteiger partial charge in [-0.1, -0.05) is 30.3 Å². The van der Waals surface area contributed by atoms with E-state index in [1.165, 1.54) is 6.26 Å². The zero-order valence-electron chi connectivity index (χ0n) is 18.8. The molecule has 1 aliphatic rings. The quantitative estimate of drug-likeness (QED) is 0.591. The Kier molecular flexibility index (Phi) is 8.60. The van der Waals surface area contributed by atoms with Gasteiger partial charge in [0, 0.05) is 51.9 Å². The highest BCUT2D eigenvalue weighted by atomic mass is 16.3. The van der Waals surface area contributed by atoms with E-state index in [-0.39, 0.29) is 12.0 Å². The van der Waals surface area contributed by atoms with Crippen molar-refractivity contribution < 1.29 is 14.3 Å². The van der Waals surface area contributed by atoms with Crippen LogP contribution < -0.4 is 5.32 Å². The summed E-state index contributed by atoms with van der Waals surface area (Å²) in [5.41, 5.74) is 1.35. The second-order valence-corrected chi connectivity index (χ2v) is 8.56. The summed E-state index contributed by atoms with van der Waals surface area (Å²) < 4.78 is 5.53. The van der Waals surface area contributed by atoms with Crippen LogP contribution in [0.4, 0.5) is 0 Å². The minimum atomic E-state index is -0.345. The Morgan fingerprint density at radius 1 is 1.19 bits per heavy atom. The first-order valence-electron chi connectivity index (χ1n) is 11.0. The lowest BCUT2D eigenvalue weighted by atomic mass is 10.2. The minimum absolute atomic E-state index is 0.232. The summed E-state index contributed by atoms with van der Waals surface area (Å²) in [6, 6.07) is 10.2. The number of amides is 1. The molecule has 0 bridgehead atoms. The second-order valence-electron chi connectivity index (χ2n) is 8.56. The molecule has 170 valence electrons. The van der Waals surface area contributed by atoms with E-state index >= 15 is 0 Å². The van der Waals surface area contributed by atoms with Crippen molar-refractivity contribution >= 4 is 5.91 Å². The molecule has 1 saturated heterocycles. The van der Waals surface area contributed by atoms with Gasteiger partial charge in [0.05, 0.1) is 12.6 Å². The molecule has 0 unspecified atom stereocenters. The van der Waals surface area contributed by atoms with Crippen LogP contribution in [0.3, 0.4) is 0 Å². The van der Waals surface area contributed by atoms with E-state index in [0.29, 0.717) is 43.8 Å². The summed E-state index contributed by atoms with van der Waals surface area (Å²) in [4.78, 5) is 23.4. The highest BCUT2D eigenvalue weighted by Crippen LogP contribution is 2.10. The fourth-order valence-electron chi connectivity index (χ4n) is 3.58. The van der Waals surface area contributed by atoms with E-state index in [9.17, 15) is 9.90 Å². The summed E-state index contributed by atoms with van der Waals surface area (Å²) in [7, 11) is 2.04. The average molecular weight is 430 g/mol. The molecule has 8 nitrogen and oxygen atoms in total. The lowest BCUT2D eigenvalue weighted by Crippen LogP contribution is -2.49. The monoisotopic (exact) mass is 429 g/mol. The van der Waals surface area contributed by atoms with Crippen molar-refractivity contribution in [3.05, 3.63) is 53.7 Å². The van der Waals surface area contributed by atoms with E-state index in [0.717, 1.165) is 31.7 Å². The molecule has 3 rings (SSSR count). The lowest BCUT2D eigenvalue weighted by molar-refractivity contribution is 0.0469. The molecule has 0 radical (unpaired) electrons. The standard InChI is InChI=1S/C23H35N5O3/c1-18(2)26(3)14-20(29)15-27-9-11-28(12-10-27)16-22-25-21(17-31-22)23(30)24-13-19-7-5-4-6-8-19/h4-8,17-18,20,29H,9-16H2,1-3H3,(H,24,30)/t20-/m0/s1. The fourth-order valence-corrected chi connectivity index (χ4v) is 3.58. The van der Waals surface area contributed by atoms with Crippen LogP contribution in [0, 0.1) is 0 Å². The number of aromatic nitrogens is 1. The number of piperazine rings is 1. The van der Waals surface area contributed by atoms with Gasteiger partial charge in [-0.15, -0.1) is 0 Å². The van der Waals surface area contributed by atoms with Crippen molar-refractivity contribution in [2.24, 2.45) is 0 Å². The van der Waals surface area contributed by atoms with Crippen LogP contribution in [0.1, 0.15) is 35.8 Å². The Balaban J connectivity index is 1.39. The average Bonchev–Trinajstić information content (AvgIpc) is 3.22. The SMILES string of the molecule is CC(C)N(C)C[C@H](O)CN1CCN(Cc2nc(C(=O)NCc3ccccc3)co2)CC1. The van der Waals surface area contributed by atoms with Crippen molar-refractivity contribution in [1.82, 2.24) is 25.0 Å². The van der Waals surface area contributed by atoms with Gasteiger partial charge in [0.2, 0.25) is 5.89 Å². The Hall–Kier alpha value is -2.26. The van der Waals surface area contributed by atoms with Crippen LogP contribution >= 0.6 is 0 Å². The minimum Gasteiger partial charge on any atom is -0.447 e. The van der Waals surface area contributed by atoms with Gasteiger partial charge in [0.15, 0.2) is 5.69 Å². The summed E-state index contributed by atoms with van der Waals surface area (Å²) in [6.45, 7) is 10.2. The Morgan fingerprint density at radius 3 is 2.55 bits per heavy atom. The van der Waals surface area contributed by atoms with Crippen molar-refractivity contribution in [2.45, 2.75) is 39.1 Å². The zero-order chi connectivity index (χ0) is 22.2. The van der Waals surface area contributed by atoms with Crippen molar-refractivity contribution in [3.63, 3.8) is 0 Å². The van der Waals surface area contributed by atoms with E-state index in [1.54, 1.807) is 0 Å². The lowest BCUT2D eigenvalue weighted by Gasteiger charge is -2.35. The maximum atomic E-state index is 12.3. The third-order valence-electron chi connectivity index (χ3n) is 5.75. The molecule has 31 heavy (non-hydrogen) atoms. The van der Waals surface area contributed by atoms with Crippen molar-refractivity contribution in [3.8, 4) is 0 Å². The van der Waals surface area contributed by atoms with E-state index < -0.39 is 0 Å².